The van der Waals surface area contributed by atoms with Crippen molar-refractivity contribution in [2.24, 2.45) is 4.99 Å². The molecule has 5 nitrogen and oxygen atoms in total. The molecule has 0 unspecified atom stereocenters. The highest BCUT2D eigenvalue weighted by molar-refractivity contribution is 8.18. The Bertz CT molecular complexity index is 1090. The summed E-state index contributed by atoms with van der Waals surface area (Å²) < 4.78 is 5.40. The molecular weight excluding hydrogens is 431 g/mol. The molecule has 8 heteroatoms. The number of carbonyl (C=O) groups is 1. The van der Waals surface area contributed by atoms with Gasteiger partial charge >= 0.3 is 0 Å². The Morgan fingerprint density at radius 2 is 1.83 bits per heavy atom. The minimum atomic E-state index is -0.207. The number of para-hydroxylation sites is 1. The van der Waals surface area contributed by atoms with Crippen LogP contribution >= 0.6 is 35.0 Å². The van der Waals surface area contributed by atoms with Crippen LogP contribution in [0.3, 0.4) is 0 Å². The van der Waals surface area contributed by atoms with Gasteiger partial charge in [-0.3, -0.25) is 9.69 Å². The van der Waals surface area contributed by atoms with Crippen molar-refractivity contribution in [1.82, 2.24) is 4.90 Å². The Labute approximate surface area is 181 Å². The van der Waals surface area contributed by atoms with Crippen LogP contribution < -0.4 is 0 Å². The Kier molecular flexibility index (Phi) is 5.67. The van der Waals surface area contributed by atoms with Crippen LogP contribution in [-0.2, 0) is 11.3 Å². The van der Waals surface area contributed by atoms with Crippen LogP contribution in [0.25, 0.3) is 6.08 Å². The van der Waals surface area contributed by atoms with Crippen LogP contribution in [0.4, 0.5) is 5.69 Å². The number of benzene rings is 2. The van der Waals surface area contributed by atoms with Crippen molar-refractivity contribution in [2.75, 3.05) is 0 Å². The second-order valence-corrected chi connectivity index (χ2v) is 7.97. The number of phenols is 1. The number of nitrogens with zero attached hydrogens (tertiary/aromatic N) is 2. The van der Waals surface area contributed by atoms with Gasteiger partial charge in [0.15, 0.2) is 10.9 Å². The number of halogens is 2. The van der Waals surface area contributed by atoms with Gasteiger partial charge in [-0.2, -0.15) is 0 Å². The molecule has 2 aromatic carbocycles. The number of furan rings is 1. The maximum atomic E-state index is 13.1. The zero-order valence-electron chi connectivity index (χ0n) is 14.9. The van der Waals surface area contributed by atoms with Gasteiger partial charge < -0.3 is 9.52 Å². The monoisotopic (exact) mass is 444 g/mol. The summed E-state index contributed by atoms with van der Waals surface area (Å²) in [7, 11) is 0. The normalized spacial score (nSPS) is 16.9. The van der Waals surface area contributed by atoms with Crippen molar-refractivity contribution in [3.05, 3.63) is 87.1 Å². The van der Waals surface area contributed by atoms with Crippen LogP contribution in [-0.4, -0.2) is 21.1 Å². The van der Waals surface area contributed by atoms with Gasteiger partial charge in [0.25, 0.3) is 5.91 Å². The standard InChI is InChI=1S/C21H14Cl2N2O3S/c22-16-9-13(10-17(23)19(16)26)11-18-20(27)25(12-15-7-4-8-28-15)21(29-18)24-14-5-2-1-3-6-14/h1-11,26H,12H2/b18-11-,24-21-. The molecule has 29 heavy (non-hydrogen) atoms. The van der Waals surface area contributed by atoms with Gasteiger partial charge in [0.1, 0.15) is 5.76 Å². The number of carbonyl (C=O) groups excluding carboxylic acids is 1. The maximum Gasteiger partial charge on any atom is 0.267 e. The average Bonchev–Trinajstić information content (AvgIpc) is 3.31. The van der Waals surface area contributed by atoms with Crippen LogP contribution in [0.1, 0.15) is 11.3 Å². The first-order chi connectivity index (χ1) is 14.0. The second kappa shape index (κ2) is 8.37. The molecule has 1 amide bonds. The van der Waals surface area contributed by atoms with Gasteiger partial charge in [-0.1, -0.05) is 41.4 Å². The lowest BCUT2D eigenvalue weighted by atomic mass is 10.2. The first-order valence-corrected chi connectivity index (χ1v) is 10.1. The Morgan fingerprint density at radius 3 is 2.48 bits per heavy atom. The molecule has 0 saturated carbocycles. The number of phenolic OH excluding ortho intramolecular Hbond substituents is 1. The van der Waals surface area contributed by atoms with E-state index in [0.717, 1.165) is 5.69 Å². The second-order valence-electron chi connectivity index (χ2n) is 6.14. The molecule has 1 aliphatic heterocycles. The first kappa shape index (κ1) is 19.6. The molecule has 1 aliphatic rings. The van der Waals surface area contributed by atoms with E-state index >= 15 is 0 Å². The van der Waals surface area contributed by atoms with E-state index in [1.807, 2.05) is 30.3 Å². The molecule has 2 heterocycles. The third-order valence-electron chi connectivity index (χ3n) is 4.10. The van der Waals surface area contributed by atoms with E-state index < -0.39 is 0 Å². The summed E-state index contributed by atoms with van der Waals surface area (Å²) in [5.41, 5.74) is 1.34. The third kappa shape index (κ3) is 4.34. The molecule has 1 saturated heterocycles. The minimum Gasteiger partial charge on any atom is -0.505 e. The summed E-state index contributed by atoms with van der Waals surface area (Å²) in [6.07, 6.45) is 3.24. The van der Waals surface area contributed by atoms with Gasteiger partial charge in [-0.15, -0.1) is 0 Å². The number of hydrogen-bond acceptors (Lipinski definition) is 5. The van der Waals surface area contributed by atoms with Crippen LogP contribution in [0.15, 0.2) is 75.2 Å². The van der Waals surface area contributed by atoms with Crippen molar-refractivity contribution in [3.63, 3.8) is 0 Å². The largest absolute Gasteiger partial charge is 0.505 e. The molecule has 1 N–H and O–H groups in total. The zero-order valence-corrected chi connectivity index (χ0v) is 17.2. The minimum absolute atomic E-state index is 0.116. The Hall–Kier alpha value is -2.67. The lowest BCUT2D eigenvalue weighted by Gasteiger charge is -2.13. The van der Waals surface area contributed by atoms with Crippen molar-refractivity contribution in [2.45, 2.75) is 6.54 Å². The van der Waals surface area contributed by atoms with Gasteiger partial charge in [-0.25, -0.2) is 4.99 Å². The lowest BCUT2D eigenvalue weighted by Crippen LogP contribution is -2.28. The van der Waals surface area contributed by atoms with E-state index in [0.29, 0.717) is 21.4 Å². The number of thioether (sulfide) groups is 1. The van der Waals surface area contributed by atoms with Gasteiger partial charge in [0, 0.05) is 0 Å². The lowest BCUT2D eigenvalue weighted by molar-refractivity contribution is -0.122. The zero-order chi connectivity index (χ0) is 20.4. The van der Waals surface area contributed by atoms with Gasteiger partial charge in [-0.05, 0) is 59.8 Å². The topological polar surface area (TPSA) is 66.0 Å². The first-order valence-electron chi connectivity index (χ1n) is 8.57. The van der Waals surface area contributed by atoms with Gasteiger partial charge in [0.2, 0.25) is 0 Å². The Morgan fingerprint density at radius 1 is 1.10 bits per heavy atom. The van der Waals surface area contributed by atoms with E-state index in [2.05, 4.69) is 4.99 Å². The summed E-state index contributed by atoms with van der Waals surface area (Å²) in [6, 6.07) is 16.1. The van der Waals surface area contributed by atoms with Crippen molar-refractivity contribution >= 4 is 57.8 Å². The molecule has 1 aromatic heterocycles. The maximum absolute atomic E-state index is 13.1. The predicted molar refractivity (Wildman–Crippen MR) is 116 cm³/mol. The highest BCUT2D eigenvalue weighted by Gasteiger charge is 2.34. The summed E-state index contributed by atoms with van der Waals surface area (Å²) in [5, 5.41) is 10.5. The molecule has 3 aromatic rings. The summed E-state index contributed by atoms with van der Waals surface area (Å²) >= 11 is 13.2. The van der Waals surface area contributed by atoms with E-state index in [9.17, 15) is 9.90 Å². The van der Waals surface area contributed by atoms with Crippen LogP contribution in [0, 0.1) is 0 Å². The molecule has 146 valence electrons. The smallest absolute Gasteiger partial charge is 0.267 e. The molecule has 0 spiro atoms. The van der Waals surface area contributed by atoms with E-state index in [4.69, 9.17) is 27.6 Å². The Balaban J connectivity index is 1.71. The number of amidine groups is 1. The number of aromatic hydroxyl groups is 1. The summed E-state index contributed by atoms with van der Waals surface area (Å²) in [6.45, 7) is 0.263. The molecule has 0 radical (unpaired) electrons. The fourth-order valence-electron chi connectivity index (χ4n) is 2.72. The molecule has 0 aliphatic carbocycles. The molecule has 4 rings (SSSR count). The average molecular weight is 445 g/mol. The van der Waals surface area contributed by atoms with Gasteiger partial charge in [0.05, 0.1) is 33.4 Å². The number of amides is 1. The fourth-order valence-corrected chi connectivity index (χ4v) is 4.22. The summed E-state index contributed by atoms with van der Waals surface area (Å²) in [4.78, 5) is 19.7. The number of hydrogen-bond donors (Lipinski definition) is 1. The summed E-state index contributed by atoms with van der Waals surface area (Å²) in [5.74, 6) is 0.254. The third-order valence-corrected chi connectivity index (χ3v) is 5.68. The van der Waals surface area contributed by atoms with E-state index in [-0.39, 0.29) is 28.2 Å². The highest BCUT2D eigenvalue weighted by atomic mass is 35.5. The number of aliphatic imine (C=N–C) groups is 1. The van der Waals surface area contributed by atoms with Crippen molar-refractivity contribution in [3.8, 4) is 5.75 Å². The molecule has 1 fully saturated rings. The number of rotatable bonds is 4. The highest BCUT2D eigenvalue weighted by Crippen LogP contribution is 2.38. The van der Waals surface area contributed by atoms with Crippen LogP contribution in [0.5, 0.6) is 5.75 Å². The molecule has 0 bridgehead atoms. The predicted octanol–water partition coefficient (Wildman–Crippen LogP) is 6.10. The van der Waals surface area contributed by atoms with Crippen LogP contribution in [0.2, 0.25) is 10.0 Å². The van der Waals surface area contributed by atoms with E-state index in [1.165, 1.54) is 11.8 Å². The molecular formula is C21H14Cl2N2O3S. The fraction of sp³-hybridized carbons (Fsp3) is 0.0476. The van der Waals surface area contributed by atoms with Crippen molar-refractivity contribution < 1.29 is 14.3 Å². The van der Waals surface area contributed by atoms with Crippen molar-refractivity contribution in [1.29, 1.82) is 0 Å². The quantitative estimate of drug-likeness (QED) is 0.493. The SMILES string of the molecule is O=C1/C(=C/c2cc(Cl)c(O)c(Cl)c2)S/C(=N\c2ccccc2)N1Cc1ccco1. The van der Waals surface area contributed by atoms with E-state index in [1.54, 1.807) is 41.5 Å². The molecule has 0 atom stereocenters.